The summed E-state index contributed by atoms with van der Waals surface area (Å²) in [6.07, 6.45) is 3.98. The predicted octanol–water partition coefficient (Wildman–Crippen LogP) is 7.15. The standard InChI is InChI=1S/C28H22FN5O2S/c1-35-20-13-23-27(31-15-20)24(10-11-30-23)36-19-8-6-18(7-9-19)32-28-22-5-3-2-4-21(22)26(33-34-28)25-12-17(14-29)16-37-25/h2-11,13,15-16,25H,12,14H2,1H3,(H,32,34). The smallest absolute Gasteiger partial charge is 0.160 e. The molecule has 4 heterocycles. The topological polar surface area (TPSA) is 82.0 Å². The fraction of sp³-hybridized carbons (Fsp3) is 0.143. The van der Waals surface area contributed by atoms with E-state index in [1.807, 2.05) is 60.0 Å². The summed E-state index contributed by atoms with van der Waals surface area (Å²) < 4.78 is 24.4. The number of hydrogen-bond acceptors (Lipinski definition) is 8. The Hall–Kier alpha value is -4.24. The zero-order valence-corrected chi connectivity index (χ0v) is 20.7. The van der Waals surface area contributed by atoms with Gasteiger partial charge in [-0.3, -0.25) is 4.98 Å². The molecule has 1 unspecified atom stereocenters. The number of allylic oxidation sites excluding steroid dienone is 1. The molecule has 1 atom stereocenters. The normalized spacial score (nSPS) is 15.1. The first-order chi connectivity index (χ1) is 18.2. The van der Waals surface area contributed by atoms with Crippen LogP contribution in [0.1, 0.15) is 17.4 Å². The summed E-state index contributed by atoms with van der Waals surface area (Å²) in [5, 5.41) is 16.4. The fourth-order valence-electron chi connectivity index (χ4n) is 4.27. The van der Waals surface area contributed by atoms with Crippen LogP contribution in [0.25, 0.3) is 21.8 Å². The van der Waals surface area contributed by atoms with Crippen molar-refractivity contribution in [2.24, 2.45) is 0 Å². The second kappa shape index (κ2) is 10.0. The number of thioether (sulfide) groups is 1. The Morgan fingerprint density at radius 2 is 1.84 bits per heavy atom. The molecule has 0 saturated heterocycles. The first kappa shape index (κ1) is 23.2. The van der Waals surface area contributed by atoms with E-state index in [0.29, 0.717) is 40.5 Å². The van der Waals surface area contributed by atoms with E-state index < -0.39 is 6.67 Å². The van der Waals surface area contributed by atoms with Crippen molar-refractivity contribution in [2.45, 2.75) is 11.7 Å². The number of pyridine rings is 2. The number of methoxy groups -OCH3 is 1. The first-order valence-electron chi connectivity index (χ1n) is 11.7. The number of fused-ring (bicyclic) bond motifs is 2. The molecule has 9 heteroatoms. The zero-order chi connectivity index (χ0) is 25.2. The Balaban J connectivity index is 1.23. The van der Waals surface area contributed by atoms with Crippen molar-refractivity contribution in [1.82, 2.24) is 20.2 Å². The van der Waals surface area contributed by atoms with Gasteiger partial charge in [-0.1, -0.05) is 24.3 Å². The van der Waals surface area contributed by atoms with Crippen LogP contribution in [0.3, 0.4) is 0 Å². The second-order valence-electron chi connectivity index (χ2n) is 8.52. The van der Waals surface area contributed by atoms with Gasteiger partial charge in [-0.05, 0) is 41.7 Å². The minimum absolute atomic E-state index is 0.0773. The lowest BCUT2D eigenvalue weighted by Gasteiger charge is -2.15. The lowest BCUT2D eigenvalue weighted by molar-refractivity contribution is 0.413. The van der Waals surface area contributed by atoms with Crippen molar-refractivity contribution in [1.29, 1.82) is 0 Å². The molecule has 0 fully saturated rings. The zero-order valence-electron chi connectivity index (χ0n) is 19.9. The molecule has 0 radical (unpaired) electrons. The SMILES string of the molecule is COc1cnc2c(Oc3ccc(Nc4nnc(C5CC(CF)=CS5)c5ccccc45)cc3)ccnc2c1. The molecule has 3 aromatic heterocycles. The fourth-order valence-corrected chi connectivity index (χ4v) is 5.40. The average Bonchev–Trinajstić information content (AvgIpc) is 3.43. The number of halogens is 1. The van der Waals surface area contributed by atoms with Gasteiger partial charge in [0.25, 0.3) is 0 Å². The van der Waals surface area contributed by atoms with E-state index in [1.54, 1.807) is 37.3 Å². The molecule has 0 spiro atoms. The van der Waals surface area contributed by atoms with Crippen molar-refractivity contribution in [3.63, 3.8) is 0 Å². The maximum absolute atomic E-state index is 13.1. The van der Waals surface area contributed by atoms with E-state index in [-0.39, 0.29) is 5.25 Å². The largest absolute Gasteiger partial charge is 0.495 e. The van der Waals surface area contributed by atoms with Gasteiger partial charge in [0.2, 0.25) is 0 Å². The van der Waals surface area contributed by atoms with Crippen LogP contribution in [0.2, 0.25) is 0 Å². The van der Waals surface area contributed by atoms with E-state index in [2.05, 4.69) is 25.5 Å². The van der Waals surface area contributed by atoms with Crippen molar-refractivity contribution in [2.75, 3.05) is 19.1 Å². The van der Waals surface area contributed by atoms with Gasteiger partial charge in [-0.15, -0.1) is 16.9 Å². The molecule has 1 aliphatic rings. The van der Waals surface area contributed by atoms with Crippen LogP contribution in [0.4, 0.5) is 15.9 Å². The minimum atomic E-state index is -0.420. The van der Waals surface area contributed by atoms with Crippen LogP contribution in [-0.4, -0.2) is 33.9 Å². The van der Waals surface area contributed by atoms with Crippen LogP contribution in [0, 0.1) is 0 Å². The lowest BCUT2D eigenvalue weighted by Crippen LogP contribution is -2.03. The summed E-state index contributed by atoms with van der Waals surface area (Å²) in [7, 11) is 1.59. The van der Waals surface area contributed by atoms with E-state index in [0.717, 1.165) is 27.7 Å². The number of anilines is 2. The highest BCUT2D eigenvalue weighted by molar-refractivity contribution is 8.02. The molecule has 0 amide bonds. The molecule has 7 nitrogen and oxygen atoms in total. The first-order valence-corrected chi connectivity index (χ1v) is 12.6. The lowest BCUT2D eigenvalue weighted by atomic mass is 10.0. The molecular formula is C28H22FN5O2S. The van der Waals surface area contributed by atoms with Gasteiger partial charge < -0.3 is 14.8 Å². The predicted molar refractivity (Wildman–Crippen MR) is 144 cm³/mol. The molecule has 2 aromatic carbocycles. The number of rotatable bonds is 7. The molecule has 0 saturated carbocycles. The van der Waals surface area contributed by atoms with E-state index >= 15 is 0 Å². The van der Waals surface area contributed by atoms with Gasteiger partial charge in [0, 0.05) is 34.8 Å². The summed E-state index contributed by atoms with van der Waals surface area (Å²) in [6, 6.07) is 19.2. The van der Waals surface area contributed by atoms with Crippen LogP contribution >= 0.6 is 11.8 Å². The van der Waals surface area contributed by atoms with Crippen LogP contribution in [-0.2, 0) is 0 Å². The van der Waals surface area contributed by atoms with Crippen molar-refractivity contribution in [3.8, 4) is 17.2 Å². The minimum Gasteiger partial charge on any atom is -0.495 e. The Labute approximate surface area is 216 Å². The number of aromatic nitrogens is 4. The maximum Gasteiger partial charge on any atom is 0.160 e. The van der Waals surface area contributed by atoms with Gasteiger partial charge in [-0.2, -0.15) is 5.10 Å². The number of nitrogens with zero attached hydrogens (tertiary/aromatic N) is 4. The van der Waals surface area contributed by atoms with Crippen molar-refractivity contribution >= 4 is 45.1 Å². The second-order valence-corrected chi connectivity index (χ2v) is 9.60. The van der Waals surface area contributed by atoms with E-state index in [9.17, 15) is 4.39 Å². The Morgan fingerprint density at radius 1 is 1.00 bits per heavy atom. The third-order valence-corrected chi connectivity index (χ3v) is 7.32. The number of alkyl halides is 1. The van der Waals surface area contributed by atoms with Crippen LogP contribution in [0.15, 0.2) is 84.0 Å². The molecule has 0 bridgehead atoms. The number of hydrogen-bond donors (Lipinski definition) is 1. The third-order valence-electron chi connectivity index (χ3n) is 6.14. The molecule has 1 aliphatic heterocycles. The summed E-state index contributed by atoms with van der Waals surface area (Å²) in [6.45, 7) is -0.420. The van der Waals surface area contributed by atoms with E-state index in [4.69, 9.17) is 9.47 Å². The molecule has 184 valence electrons. The van der Waals surface area contributed by atoms with Gasteiger partial charge >= 0.3 is 0 Å². The van der Waals surface area contributed by atoms with Crippen molar-refractivity contribution < 1.29 is 13.9 Å². The molecule has 1 N–H and O–H groups in total. The molecule has 6 rings (SSSR count). The number of nitrogens with one attached hydrogen (secondary N) is 1. The number of benzene rings is 2. The Kier molecular flexibility index (Phi) is 6.28. The third kappa shape index (κ3) is 4.65. The van der Waals surface area contributed by atoms with Gasteiger partial charge in [0.05, 0.1) is 29.8 Å². The van der Waals surface area contributed by atoms with Crippen LogP contribution < -0.4 is 14.8 Å². The van der Waals surface area contributed by atoms with E-state index in [1.165, 1.54) is 0 Å². The average molecular weight is 512 g/mol. The molecular weight excluding hydrogens is 489 g/mol. The summed E-state index contributed by atoms with van der Waals surface area (Å²) in [5.74, 6) is 2.57. The maximum atomic E-state index is 13.1. The summed E-state index contributed by atoms with van der Waals surface area (Å²) in [4.78, 5) is 8.78. The monoisotopic (exact) mass is 511 g/mol. The Bertz CT molecular complexity index is 1630. The van der Waals surface area contributed by atoms with Crippen LogP contribution in [0.5, 0.6) is 17.2 Å². The summed E-state index contributed by atoms with van der Waals surface area (Å²) >= 11 is 1.60. The number of ether oxygens (including phenoxy) is 2. The van der Waals surface area contributed by atoms with Crippen molar-refractivity contribution in [3.05, 3.63) is 89.7 Å². The molecule has 37 heavy (non-hydrogen) atoms. The Morgan fingerprint density at radius 3 is 2.62 bits per heavy atom. The molecule has 0 aliphatic carbocycles. The van der Waals surface area contributed by atoms with Gasteiger partial charge in [0.1, 0.15) is 23.7 Å². The highest BCUT2D eigenvalue weighted by atomic mass is 32.2. The van der Waals surface area contributed by atoms with Gasteiger partial charge in [-0.25, -0.2) is 9.37 Å². The quantitative estimate of drug-likeness (QED) is 0.247. The highest BCUT2D eigenvalue weighted by Crippen LogP contribution is 2.44. The van der Waals surface area contributed by atoms with Gasteiger partial charge in [0.15, 0.2) is 11.6 Å². The molecule has 5 aromatic rings. The summed E-state index contributed by atoms with van der Waals surface area (Å²) in [5.41, 5.74) is 3.88. The highest BCUT2D eigenvalue weighted by Gasteiger charge is 2.24.